The zero-order chi connectivity index (χ0) is 17.8. The Balaban J connectivity index is 1.81. The van der Waals surface area contributed by atoms with Crippen molar-refractivity contribution < 1.29 is 33.4 Å². The molecule has 2 fully saturated rings. The minimum absolute atomic E-state index is 0.148. The van der Waals surface area contributed by atoms with Crippen molar-refractivity contribution in [2.75, 3.05) is 0 Å². The van der Waals surface area contributed by atoms with E-state index < -0.39 is 58.8 Å². The van der Waals surface area contributed by atoms with Crippen LogP contribution in [-0.2, 0) is 9.59 Å². The molecule has 2 aliphatic carbocycles. The van der Waals surface area contributed by atoms with Crippen LogP contribution >= 0.6 is 0 Å². The third kappa shape index (κ3) is 2.41. The van der Waals surface area contributed by atoms with Crippen molar-refractivity contribution >= 4 is 17.8 Å². The van der Waals surface area contributed by atoms with Crippen LogP contribution in [0, 0.1) is 29.4 Å². The molecule has 128 valence electrons. The fourth-order valence-corrected chi connectivity index (χ4v) is 3.77. The number of carboxylic acids is 2. The van der Waals surface area contributed by atoms with Gasteiger partial charge in [-0.3, -0.25) is 14.4 Å². The quantitative estimate of drug-likeness (QED) is 0.619. The van der Waals surface area contributed by atoms with E-state index in [9.17, 15) is 28.3 Å². The van der Waals surface area contributed by atoms with Crippen LogP contribution < -0.4 is 11.1 Å². The summed E-state index contributed by atoms with van der Waals surface area (Å²) in [7, 11) is 0. The van der Waals surface area contributed by atoms with Crippen LogP contribution in [-0.4, -0.2) is 39.6 Å². The Morgan fingerprint density at radius 3 is 2.25 bits per heavy atom. The van der Waals surface area contributed by atoms with Crippen LogP contribution in [0.5, 0.6) is 0 Å². The average Bonchev–Trinajstić information content (AvgIpc) is 3.15. The van der Waals surface area contributed by atoms with Crippen molar-refractivity contribution in [3.63, 3.8) is 0 Å². The standard InChI is InChI=1S/C15H14F2N2O5/c16-6-1-5(2-7(17)3-6)12(20)19-8-4-15(18,14(23)24)11-9(8)10(11)13(21)22/h1-3,8-11H,4,18H2,(H,19,20)(H,21,22)(H,23,24)/t8?,9?,10-,11?,15?/m0/s1. The molecule has 7 nitrogen and oxygen atoms in total. The number of nitrogens with one attached hydrogen (secondary N) is 1. The molecule has 0 aromatic heterocycles. The highest BCUT2D eigenvalue weighted by molar-refractivity contribution is 5.95. The molecule has 0 bridgehead atoms. The van der Waals surface area contributed by atoms with Gasteiger partial charge in [0.25, 0.3) is 5.91 Å². The molecule has 0 heterocycles. The second-order valence-electron chi connectivity index (χ2n) is 6.25. The fourth-order valence-electron chi connectivity index (χ4n) is 3.77. The summed E-state index contributed by atoms with van der Waals surface area (Å²) in [6.07, 6.45) is -0.148. The number of fused-ring (bicyclic) bond motifs is 1. The molecule has 2 saturated carbocycles. The van der Waals surface area contributed by atoms with Gasteiger partial charge in [-0.15, -0.1) is 0 Å². The van der Waals surface area contributed by atoms with E-state index in [4.69, 9.17) is 10.8 Å². The van der Waals surface area contributed by atoms with E-state index in [1.807, 2.05) is 0 Å². The average molecular weight is 340 g/mol. The SMILES string of the molecule is NC1(C(=O)O)CC(NC(=O)c2cc(F)cc(F)c2)C2C1[C@H]2C(=O)O. The molecule has 5 atom stereocenters. The Bertz CT molecular complexity index is 735. The molecule has 2 aliphatic rings. The van der Waals surface area contributed by atoms with Gasteiger partial charge in [-0.25, -0.2) is 8.78 Å². The van der Waals surface area contributed by atoms with Crippen molar-refractivity contribution in [2.45, 2.75) is 18.0 Å². The van der Waals surface area contributed by atoms with E-state index in [0.29, 0.717) is 6.07 Å². The van der Waals surface area contributed by atoms with Gasteiger partial charge in [-0.1, -0.05) is 0 Å². The Kier molecular flexibility index (Phi) is 3.56. The number of halogens is 2. The summed E-state index contributed by atoms with van der Waals surface area (Å²) in [5, 5.41) is 20.9. The summed E-state index contributed by atoms with van der Waals surface area (Å²) in [4.78, 5) is 34.8. The van der Waals surface area contributed by atoms with Crippen LogP contribution in [0.25, 0.3) is 0 Å². The topological polar surface area (TPSA) is 130 Å². The summed E-state index contributed by atoms with van der Waals surface area (Å²) in [5.74, 6) is -7.58. The van der Waals surface area contributed by atoms with Crippen molar-refractivity contribution in [1.29, 1.82) is 0 Å². The lowest BCUT2D eigenvalue weighted by atomic mass is 9.90. The van der Waals surface area contributed by atoms with E-state index in [1.54, 1.807) is 0 Å². The summed E-state index contributed by atoms with van der Waals surface area (Å²) in [6, 6.07) is 1.48. The van der Waals surface area contributed by atoms with Crippen LogP contribution in [0.2, 0.25) is 0 Å². The van der Waals surface area contributed by atoms with Gasteiger partial charge in [-0.05, 0) is 24.5 Å². The Labute approximate surface area is 134 Å². The zero-order valence-electron chi connectivity index (χ0n) is 12.2. The summed E-state index contributed by atoms with van der Waals surface area (Å²) < 4.78 is 26.4. The van der Waals surface area contributed by atoms with Gasteiger partial charge in [0, 0.05) is 23.6 Å². The van der Waals surface area contributed by atoms with Gasteiger partial charge >= 0.3 is 11.9 Å². The van der Waals surface area contributed by atoms with E-state index in [2.05, 4.69) is 5.32 Å². The van der Waals surface area contributed by atoms with Crippen molar-refractivity contribution in [1.82, 2.24) is 5.32 Å². The van der Waals surface area contributed by atoms with Gasteiger partial charge < -0.3 is 21.3 Å². The van der Waals surface area contributed by atoms with Gasteiger partial charge in [0.2, 0.25) is 0 Å². The number of rotatable bonds is 4. The monoisotopic (exact) mass is 340 g/mol. The summed E-state index contributed by atoms with van der Waals surface area (Å²) >= 11 is 0. The number of hydrogen-bond acceptors (Lipinski definition) is 4. The number of carboxylic acid groups (broad SMARTS) is 2. The van der Waals surface area contributed by atoms with Crippen LogP contribution in [0.15, 0.2) is 18.2 Å². The molecular weight excluding hydrogens is 326 g/mol. The van der Waals surface area contributed by atoms with Crippen molar-refractivity contribution in [2.24, 2.45) is 23.5 Å². The molecule has 1 aromatic rings. The van der Waals surface area contributed by atoms with Gasteiger partial charge in [0.05, 0.1) is 5.92 Å². The predicted molar refractivity (Wildman–Crippen MR) is 74.9 cm³/mol. The lowest BCUT2D eigenvalue weighted by Gasteiger charge is -2.25. The zero-order valence-corrected chi connectivity index (χ0v) is 12.2. The molecule has 0 saturated heterocycles. The third-order valence-electron chi connectivity index (χ3n) is 4.82. The molecule has 1 aromatic carbocycles. The molecule has 9 heteroatoms. The van der Waals surface area contributed by atoms with E-state index in [0.717, 1.165) is 12.1 Å². The Morgan fingerprint density at radius 2 is 1.75 bits per heavy atom. The number of carbonyl (C=O) groups excluding carboxylic acids is 1. The maximum Gasteiger partial charge on any atom is 0.324 e. The maximum atomic E-state index is 13.2. The van der Waals surface area contributed by atoms with Gasteiger partial charge in [0.1, 0.15) is 17.2 Å². The lowest BCUT2D eigenvalue weighted by Crippen LogP contribution is -2.52. The number of carbonyl (C=O) groups is 3. The number of aliphatic carboxylic acids is 2. The first-order valence-corrected chi connectivity index (χ1v) is 7.17. The summed E-state index contributed by atoms with van der Waals surface area (Å²) in [6.45, 7) is 0. The van der Waals surface area contributed by atoms with E-state index in [1.165, 1.54) is 0 Å². The van der Waals surface area contributed by atoms with E-state index in [-0.39, 0.29) is 12.0 Å². The third-order valence-corrected chi connectivity index (χ3v) is 4.82. The molecule has 24 heavy (non-hydrogen) atoms. The normalized spacial score (nSPS) is 33.6. The molecule has 0 radical (unpaired) electrons. The minimum atomic E-state index is -1.75. The second kappa shape index (κ2) is 5.23. The molecule has 5 N–H and O–H groups in total. The van der Waals surface area contributed by atoms with Crippen LogP contribution in [0.4, 0.5) is 8.78 Å². The summed E-state index contributed by atoms with van der Waals surface area (Å²) in [5.41, 5.74) is 3.81. The maximum absolute atomic E-state index is 13.2. The highest BCUT2D eigenvalue weighted by Gasteiger charge is 2.74. The number of hydrogen-bond donors (Lipinski definition) is 4. The highest BCUT2D eigenvalue weighted by atomic mass is 19.1. The number of benzene rings is 1. The first kappa shape index (κ1) is 16.3. The first-order valence-electron chi connectivity index (χ1n) is 7.17. The Morgan fingerprint density at radius 1 is 1.17 bits per heavy atom. The molecule has 0 aliphatic heterocycles. The van der Waals surface area contributed by atoms with Crippen LogP contribution in [0.3, 0.4) is 0 Å². The lowest BCUT2D eigenvalue weighted by molar-refractivity contribution is -0.145. The molecule has 1 amide bonds. The largest absolute Gasteiger partial charge is 0.481 e. The van der Waals surface area contributed by atoms with E-state index >= 15 is 0 Å². The highest BCUT2D eigenvalue weighted by Crippen LogP contribution is 2.61. The second-order valence-corrected chi connectivity index (χ2v) is 6.25. The predicted octanol–water partition coefficient (Wildman–Crippen LogP) is 0.196. The molecule has 4 unspecified atom stereocenters. The smallest absolute Gasteiger partial charge is 0.324 e. The fraction of sp³-hybridized carbons (Fsp3) is 0.400. The van der Waals surface area contributed by atoms with Crippen LogP contribution in [0.1, 0.15) is 16.8 Å². The minimum Gasteiger partial charge on any atom is -0.481 e. The van der Waals surface area contributed by atoms with Gasteiger partial charge in [0.15, 0.2) is 0 Å². The Hall–Kier alpha value is -2.55. The van der Waals surface area contributed by atoms with Crippen molar-refractivity contribution in [3.05, 3.63) is 35.4 Å². The first-order chi connectivity index (χ1) is 11.1. The molecular formula is C15H14F2N2O5. The number of nitrogens with two attached hydrogens (primary N) is 1. The van der Waals surface area contributed by atoms with Gasteiger partial charge in [-0.2, -0.15) is 0 Å². The van der Waals surface area contributed by atoms with Crippen molar-refractivity contribution in [3.8, 4) is 0 Å². The molecule has 3 rings (SSSR count). The molecule has 0 spiro atoms. The number of amides is 1.